The van der Waals surface area contributed by atoms with Crippen LogP contribution in [0, 0.1) is 0 Å². The highest BCUT2D eigenvalue weighted by atomic mass is 16.3. The van der Waals surface area contributed by atoms with Crippen LogP contribution in [0.15, 0.2) is 16.9 Å². The van der Waals surface area contributed by atoms with Gasteiger partial charge in [-0.05, 0) is 12.8 Å². The molecule has 16 heavy (non-hydrogen) atoms. The van der Waals surface area contributed by atoms with E-state index in [-0.39, 0.29) is 12.3 Å². The van der Waals surface area contributed by atoms with Gasteiger partial charge in [-0.1, -0.05) is 0 Å². The van der Waals surface area contributed by atoms with Crippen LogP contribution in [-0.2, 0) is 16.0 Å². The zero-order valence-electron chi connectivity index (χ0n) is 8.76. The van der Waals surface area contributed by atoms with Crippen molar-refractivity contribution in [2.24, 2.45) is 5.73 Å². The van der Waals surface area contributed by atoms with Crippen LogP contribution in [0.2, 0.25) is 0 Å². The quantitative estimate of drug-likeness (QED) is 0.761. The molecule has 1 fully saturated rings. The first-order chi connectivity index (χ1) is 7.68. The van der Waals surface area contributed by atoms with Crippen molar-refractivity contribution in [2.45, 2.75) is 25.3 Å². The first-order valence-corrected chi connectivity index (χ1v) is 5.15. The Morgan fingerprint density at radius 1 is 1.62 bits per heavy atom. The minimum atomic E-state index is -0.470. The van der Waals surface area contributed by atoms with Gasteiger partial charge in [0.2, 0.25) is 17.7 Å². The van der Waals surface area contributed by atoms with Gasteiger partial charge >= 0.3 is 0 Å². The van der Waals surface area contributed by atoms with Crippen molar-refractivity contribution in [1.29, 1.82) is 0 Å². The number of hydrogen-bond acceptors (Lipinski definition) is 4. The second-order valence-corrected chi connectivity index (χ2v) is 3.75. The van der Waals surface area contributed by atoms with Gasteiger partial charge in [0.25, 0.3) is 0 Å². The van der Waals surface area contributed by atoms with Gasteiger partial charge in [-0.25, -0.2) is 4.98 Å². The monoisotopic (exact) mass is 223 g/mol. The molecule has 6 heteroatoms. The lowest BCUT2D eigenvalue weighted by molar-refractivity contribution is -0.137. The van der Waals surface area contributed by atoms with Crippen LogP contribution in [0.3, 0.4) is 0 Å². The molecule has 1 aromatic rings. The second-order valence-electron chi connectivity index (χ2n) is 3.75. The number of nitrogens with two attached hydrogens (primary N) is 1. The van der Waals surface area contributed by atoms with Crippen LogP contribution < -0.4 is 5.73 Å². The molecule has 1 aliphatic heterocycles. The van der Waals surface area contributed by atoms with Crippen LogP contribution in [0.5, 0.6) is 0 Å². The fraction of sp³-hybridized carbons (Fsp3) is 0.500. The molecular formula is C10H13N3O3. The molecule has 1 saturated heterocycles. The van der Waals surface area contributed by atoms with E-state index in [1.165, 1.54) is 17.4 Å². The van der Waals surface area contributed by atoms with Crippen molar-refractivity contribution < 1.29 is 14.0 Å². The third-order valence-electron chi connectivity index (χ3n) is 2.69. The number of carbonyl (C=O) groups excluding carboxylic acids is 2. The smallest absolute Gasteiger partial charge is 0.240 e. The highest BCUT2D eigenvalue weighted by molar-refractivity contribution is 5.87. The number of aromatic nitrogens is 1. The lowest BCUT2D eigenvalue weighted by Gasteiger charge is -2.21. The largest absolute Gasteiger partial charge is 0.448 e. The normalized spacial score (nSPS) is 20.0. The number of primary amides is 1. The number of amides is 2. The Balaban J connectivity index is 2.01. The molecule has 1 aromatic heterocycles. The van der Waals surface area contributed by atoms with Crippen molar-refractivity contribution >= 4 is 11.8 Å². The molecule has 2 amide bonds. The van der Waals surface area contributed by atoms with Gasteiger partial charge in [0, 0.05) is 6.54 Å². The topological polar surface area (TPSA) is 89.4 Å². The average Bonchev–Trinajstić information content (AvgIpc) is 2.86. The van der Waals surface area contributed by atoms with Crippen molar-refractivity contribution in [3.63, 3.8) is 0 Å². The van der Waals surface area contributed by atoms with E-state index in [2.05, 4.69) is 4.98 Å². The molecular weight excluding hydrogens is 210 g/mol. The Kier molecular flexibility index (Phi) is 2.89. The lowest BCUT2D eigenvalue weighted by Crippen LogP contribution is -2.44. The number of oxazole rings is 1. The summed E-state index contributed by atoms with van der Waals surface area (Å²) < 4.78 is 4.98. The highest BCUT2D eigenvalue weighted by Gasteiger charge is 2.32. The average molecular weight is 223 g/mol. The summed E-state index contributed by atoms with van der Waals surface area (Å²) >= 11 is 0. The van der Waals surface area contributed by atoms with E-state index in [0.717, 1.165) is 6.42 Å². The Morgan fingerprint density at radius 3 is 3.06 bits per heavy atom. The maximum Gasteiger partial charge on any atom is 0.240 e. The molecule has 0 aliphatic carbocycles. The predicted octanol–water partition coefficient (Wildman–Crippen LogP) is -0.307. The molecule has 2 heterocycles. The number of carbonyl (C=O) groups is 2. The summed E-state index contributed by atoms with van der Waals surface area (Å²) in [6.45, 7) is 0.577. The standard InChI is InChI=1S/C10H13N3O3/c11-10(15)7-2-1-4-13(7)9(14)6-8-12-3-5-16-8/h3,5,7H,1-2,4,6H2,(H2,11,15). The van der Waals surface area contributed by atoms with E-state index in [4.69, 9.17) is 10.2 Å². The predicted molar refractivity (Wildman–Crippen MR) is 54.1 cm³/mol. The summed E-state index contributed by atoms with van der Waals surface area (Å²) in [5.41, 5.74) is 5.23. The molecule has 0 bridgehead atoms. The summed E-state index contributed by atoms with van der Waals surface area (Å²) in [4.78, 5) is 28.3. The molecule has 0 saturated carbocycles. The number of likely N-dealkylation sites (tertiary alicyclic amines) is 1. The van der Waals surface area contributed by atoms with Gasteiger partial charge in [0.1, 0.15) is 18.7 Å². The van der Waals surface area contributed by atoms with Crippen molar-refractivity contribution in [3.8, 4) is 0 Å². The van der Waals surface area contributed by atoms with Gasteiger partial charge in [-0.15, -0.1) is 0 Å². The van der Waals surface area contributed by atoms with Crippen molar-refractivity contribution in [3.05, 3.63) is 18.4 Å². The number of hydrogen-bond donors (Lipinski definition) is 1. The third-order valence-corrected chi connectivity index (χ3v) is 2.69. The van der Waals surface area contributed by atoms with E-state index < -0.39 is 11.9 Å². The Morgan fingerprint density at radius 2 is 2.44 bits per heavy atom. The summed E-state index contributed by atoms with van der Waals surface area (Å²) in [6.07, 6.45) is 4.44. The molecule has 1 atom stereocenters. The maximum absolute atomic E-state index is 11.8. The van der Waals surface area contributed by atoms with Gasteiger partial charge in [-0.3, -0.25) is 9.59 Å². The highest BCUT2D eigenvalue weighted by Crippen LogP contribution is 2.17. The summed E-state index contributed by atoms with van der Waals surface area (Å²) in [6, 6.07) is -0.470. The van der Waals surface area contributed by atoms with Gasteiger partial charge in [-0.2, -0.15) is 0 Å². The molecule has 86 valence electrons. The summed E-state index contributed by atoms with van der Waals surface area (Å²) in [7, 11) is 0. The minimum Gasteiger partial charge on any atom is -0.448 e. The molecule has 1 aliphatic rings. The van der Waals surface area contributed by atoms with E-state index >= 15 is 0 Å². The first kappa shape index (κ1) is 10.7. The van der Waals surface area contributed by atoms with Crippen LogP contribution in [0.4, 0.5) is 0 Å². The molecule has 0 radical (unpaired) electrons. The molecule has 2 rings (SSSR count). The lowest BCUT2D eigenvalue weighted by atomic mass is 10.2. The van der Waals surface area contributed by atoms with E-state index in [1.807, 2.05) is 0 Å². The van der Waals surface area contributed by atoms with Crippen molar-refractivity contribution in [2.75, 3.05) is 6.54 Å². The van der Waals surface area contributed by atoms with E-state index in [0.29, 0.717) is 18.9 Å². The van der Waals surface area contributed by atoms with Crippen LogP contribution >= 0.6 is 0 Å². The van der Waals surface area contributed by atoms with Crippen molar-refractivity contribution in [1.82, 2.24) is 9.88 Å². The van der Waals surface area contributed by atoms with Crippen LogP contribution in [0.25, 0.3) is 0 Å². The summed E-state index contributed by atoms with van der Waals surface area (Å²) in [5, 5.41) is 0. The van der Waals surface area contributed by atoms with Gasteiger partial charge in [0.15, 0.2) is 0 Å². The zero-order chi connectivity index (χ0) is 11.5. The number of rotatable bonds is 3. The summed E-state index contributed by atoms with van der Waals surface area (Å²) in [5.74, 6) is -0.248. The fourth-order valence-corrected chi connectivity index (χ4v) is 1.93. The van der Waals surface area contributed by atoms with Gasteiger partial charge < -0.3 is 15.1 Å². The van der Waals surface area contributed by atoms with E-state index in [9.17, 15) is 9.59 Å². The maximum atomic E-state index is 11.8. The Hall–Kier alpha value is -1.85. The molecule has 0 spiro atoms. The fourth-order valence-electron chi connectivity index (χ4n) is 1.93. The Labute approximate surface area is 92.4 Å². The minimum absolute atomic E-state index is 0.0801. The molecule has 1 unspecified atom stereocenters. The Bertz CT molecular complexity index is 388. The molecule has 2 N–H and O–H groups in total. The van der Waals surface area contributed by atoms with E-state index in [1.54, 1.807) is 0 Å². The third kappa shape index (κ3) is 2.05. The SMILES string of the molecule is NC(=O)C1CCCN1C(=O)Cc1ncco1. The van der Waals surface area contributed by atoms with Crippen LogP contribution in [-0.4, -0.2) is 34.3 Å². The molecule has 6 nitrogen and oxygen atoms in total. The second kappa shape index (κ2) is 4.34. The molecule has 0 aromatic carbocycles. The first-order valence-electron chi connectivity index (χ1n) is 5.15. The van der Waals surface area contributed by atoms with Gasteiger partial charge in [0.05, 0.1) is 6.20 Å². The zero-order valence-corrected chi connectivity index (χ0v) is 8.76. The van der Waals surface area contributed by atoms with Crippen LogP contribution in [0.1, 0.15) is 18.7 Å². The number of nitrogens with zero attached hydrogens (tertiary/aromatic N) is 2.